The first-order valence-corrected chi connectivity index (χ1v) is 9.19. The third-order valence-electron chi connectivity index (χ3n) is 5.59. The van der Waals surface area contributed by atoms with E-state index in [4.69, 9.17) is 0 Å². The predicted octanol–water partition coefficient (Wildman–Crippen LogP) is 5.95. The van der Waals surface area contributed by atoms with Crippen LogP contribution in [0, 0.1) is 17.8 Å². The average Bonchev–Trinajstić information content (AvgIpc) is 2.38. The Morgan fingerprint density at radius 2 is 1.65 bits per heavy atom. The predicted molar refractivity (Wildman–Crippen MR) is 88.9 cm³/mol. The van der Waals surface area contributed by atoms with Gasteiger partial charge in [-0.05, 0) is 50.4 Å². The van der Waals surface area contributed by atoms with Gasteiger partial charge in [-0.15, -0.1) is 0 Å². The zero-order valence-electron chi connectivity index (χ0n) is 14.5. The number of hydrogen-bond acceptors (Lipinski definition) is 1. The fourth-order valence-electron chi connectivity index (χ4n) is 3.80. The van der Waals surface area contributed by atoms with Crippen LogP contribution in [0.2, 0.25) is 0 Å². The Kier molecular flexibility index (Phi) is 8.17. The molecule has 1 aliphatic rings. The molecule has 0 aromatic carbocycles. The summed E-state index contributed by atoms with van der Waals surface area (Å²) >= 11 is 0. The minimum Gasteiger partial charge on any atom is -0.390 e. The van der Waals surface area contributed by atoms with E-state index in [1.807, 2.05) is 0 Å². The Bertz CT molecular complexity index is 244. The highest BCUT2D eigenvalue weighted by Gasteiger charge is 2.38. The monoisotopic (exact) mass is 282 g/mol. The van der Waals surface area contributed by atoms with Gasteiger partial charge in [0.2, 0.25) is 0 Å². The molecule has 0 aromatic heterocycles. The van der Waals surface area contributed by atoms with E-state index in [1.54, 1.807) is 0 Å². The van der Waals surface area contributed by atoms with Crippen molar-refractivity contribution in [2.24, 2.45) is 17.8 Å². The van der Waals surface area contributed by atoms with Crippen LogP contribution in [0.25, 0.3) is 0 Å². The van der Waals surface area contributed by atoms with Crippen LogP contribution in [0.5, 0.6) is 0 Å². The molecule has 1 aliphatic carbocycles. The van der Waals surface area contributed by atoms with Gasteiger partial charge in [0.05, 0.1) is 5.60 Å². The summed E-state index contributed by atoms with van der Waals surface area (Å²) in [6.07, 6.45) is 14.3. The Morgan fingerprint density at radius 1 is 1.05 bits per heavy atom. The van der Waals surface area contributed by atoms with E-state index in [0.29, 0.717) is 5.92 Å². The Labute approximate surface area is 127 Å². The van der Waals surface area contributed by atoms with E-state index in [1.165, 1.54) is 64.2 Å². The van der Waals surface area contributed by atoms with Gasteiger partial charge in [0.25, 0.3) is 0 Å². The SMILES string of the molecule is CCCCCCCCCC1CC(C(C)C)CCC1(C)O. The molecule has 0 aromatic rings. The van der Waals surface area contributed by atoms with E-state index in [-0.39, 0.29) is 0 Å². The molecular formula is C19H38O. The third kappa shape index (κ3) is 6.16. The summed E-state index contributed by atoms with van der Waals surface area (Å²) in [5, 5.41) is 10.6. The number of hydrogen-bond donors (Lipinski definition) is 1. The van der Waals surface area contributed by atoms with Crippen molar-refractivity contribution in [3.63, 3.8) is 0 Å². The molecular weight excluding hydrogens is 244 g/mol. The van der Waals surface area contributed by atoms with Crippen LogP contribution in [0.1, 0.15) is 98.3 Å². The highest BCUT2D eigenvalue weighted by Crippen LogP contribution is 2.42. The van der Waals surface area contributed by atoms with Crippen LogP contribution in [0.15, 0.2) is 0 Å². The number of unbranched alkanes of at least 4 members (excludes halogenated alkanes) is 6. The van der Waals surface area contributed by atoms with Crippen LogP contribution in [-0.4, -0.2) is 10.7 Å². The normalized spacial score (nSPS) is 30.9. The minimum absolute atomic E-state index is 0.395. The maximum atomic E-state index is 10.6. The van der Waals surface area contributed by atoms with Gasteiger partial charge in [-0.1, -0.05) is 65.7 Å². The van der Waals surface area contributed by atoms with Gasteiger partial charge in [0.15, 0.2) is 0 Å². The van der Waals surface area contributed by atoms with E-state index in [2.05, 4.69) is 27.7 Å². The minimum atomic E-state index is -0.395. The van der Waals surface area contributed by atoms with Gasteiger partial charge < -0.3 is 5.11 Å². The number of aliphatic hydroxyl groups is 1. The summed E-state index contributed by atoms with van der Waals surface area (Å²) in [7, 11) is 0. The van der Waals surface area contributed by atoms with Crippen LogP contribution in [0.4, 0.5) is 0 Å². The lowest BCUT2D eigenvalue weighted by molar-refractivity contribution is -0.0561. The van der Waals surface area contributed by atoms with Crippen molar-refractivity contribution in [1.29, 1.82) is 0 Å². The number of rotatable bonds is 9. The summed E-state index contributed by atoms with van der Waals surface area (Å²) in [6.45, 7) is 9.04. The van der Waals surface area contributed by atoms with E-state index < -0.39 is 5.60 Å². The molecule has 1 N–H and O–H groups in total. The van der Waals surface area contributed by atoms with Gasteiger partial charge in [0.1, 0.15) is 0 Å². The van der Waals surface area contributed by atoms with E-state index in [9.17, 15) is 5.11 Å². The lowest BCUT2D eigenvalue weighted by atomic mass is 9.67. The third-order valence-corrected chi connectivity index (χ3v) is 5.59. The zero-order valence-corrected chi connectivity index (χ0v) is 14.5. The van der Waals surface area contributed by atoms with Gasteiger partial charge in [-0.25, -0.2) is 0 Å². The first-order chi connectivity index (χ1) is 9.47. The molecule has 1 rings (SSSR count). The lowest BCUT2D eigenvalue weighted by Crippen LogP contribution is -2.41. The van der Waals surface area contributed by atoms with Gasteiger partial charge in [-0.3, -0.25) is 0 Å². The van der Waals surface area contributed by atoms with Crippen LogP contribution < -0.4 is 0 Å². The largest absolute Gasteiger partial charge is 0.390 e. The standard InChI is InChI=1S/C19H38O/c1-5-6-7-8-9-10-11-12-18-15-17(16(2)3)13-14-19(18,4)20/h16-18,20H,5-15H2,1-4H3. The first-order valence-electron chi connectivity index (χ1n) is 9.19. The summed E-state index contributed by atoms with van der Waals surface area (Å²) in [4.78, 5) is 0. The topological polar surface area (TPSA) is 20.2 Å². The van der Waals surface area contributed by atoms with Crippen molar-refractivity contribution in [1.82, 2.24) is 0 Å². The second kappa shape index (κ2) is 9.07. The fraction of sp³-hybridized carbons (Fsp3) is 1.00. The first kappa shape index (κ1) is 18.0. The molecule has 0 spiro atoms. The van der Waals surface area contributed by atoms with Crippen molar-refractivity contribution in [2.45, 2.75) is 104 Å². The van der Waals surface area contributed by atoms with Crippen molar-refractivity contribution in [3.8, 4) is 0 Å². The Balaban J connectivity index is 2.22. The van der Waals surface area contributed by atoms with Crippen molar-refractivity contribution < 1.29 is 5.11 Å². The molecule has 20 heavy (non-hydrogen) atoms. The molecule has 1 nitrogen and oxygen atoms in total. The van der Waals surface area contributed by atoms with Crippen LogP contribution in [-0.2, 0) is 0 Å². The van der Waals surface area contributed by atoms with Crippen molar-refractivity contribution in [3.05, 3.63) is 0 Å². The highest BCUT2D eigenvalue weighted by molar-refractivity contribution is 4.89. The molecule has 120 valence electrons. The zero-order chi connectivity index (χ0) is 15.0. The second-order valence-corrected chi connectivity index (χ2v) is 7.74. The summed E-state index contributed by atoms with van der Waals surface area (Å²) in [6, 6.07) is 0. The van der Waals surface area contributed by atoms with E-state index in [0.717, 1.165) is 18.3 Å². The van der Waals surface area contributed by atoms with Gasteiger partial charge in [-0.2, -0.15) is 0 Å². The summed E-state index contributed by atoms with van der Waals surface area (Å²) in [5.74, 6) is 2.16. The molecule has 0 aliphatic heterocycles. The molecule has 0 heterocycles. The van der Waals surface area contributed by atoms with Crippen LogP contribution in [0.3, 0.4) is 0 Å². The second-order valence-electron chi connectivity index (χ2n) is 7.74. The molecule has 1 fully saturated rings. The molecule has 0 bridgehead atoms. The Morgan fingerprint density at radius 3 is 2.25 bits per heavy atom. The summed E-state index contributed by atoms with van der Waals surface area (Å²) in [5.41, 5.74) is -0.395. The molecule has 1 heteroatoms. The molecule has 0 radical (unpaired) electrons. The van der Waals surface area contributed by atoms with Gasteiger partial charge in [0, 0.05) is 0 Å². The van der Waals surface area contributed by atoms with E-state index >= 15 is 0 Å². The smallest absolute Gasteiger partial charge is 0.0648 e. The maximum absolute atomic E-state index is 10.6. The molecule has 1 saturated carbocycles. The quantitative estimate of drug-likeness (QED) is 0.518. The molecule has 0 amide bonds. The maximum Gasteiger partial charge on any atom is 0.0648 e. The van der Waals surface area contributed by atoms with Gasteiger partial charge >= 0.3 is 0 Å². The fourth-order valence-corrected chi connectivity index (χ4v) is 3.80. The molecule has 0 saturated heterocycles. The Hall–Kier alpha value is -0.0400. The molecule has 3 unspecified atom stereocenters. The lowest BCUT2D eigenvalue weighted by Gasteiger charge is -2.42. The molecule has 3 atom stereocenters. The van der Waals surface area contributed by atoms with Crippen LogP contribution >= 0.6 is 0 Å². The van der Waals surface area contributed by atoms with Crippen molar-refractivity contribution >= 4 is 0 Å². The van der Waals surface area contributed by atoms with Crippen molar-refractivity contribution in [2.75, 3.05) is 0 Å². The highest BCUT2D eigenvalue weighted by atomic mass is 16.3. The average molecular weight is 283 g/mol. The summed E-state index contributed by atoms with van der Waals surface area (Å²) < 4.78 is 0.